The quantitative estimate of drug-likeness (QED) is 0.614. The summed E-state index contributed by atoms with van der Waals surface area (Å²) < 4.78 is 24.5. The molecular weight excluding hydrogens is 334 g/mol. The SMILES string of the molecule is CN=C(NCCS(=O)(=O)c1ccccc1)NCc1ccc(C)cc1C. The lowest BCUT2D eigenvalue weighted by molar-refractivity contribution is 0.594. The fraction of sp³-hybridized carbons (Fsp3) is 0.316. The Morgan fingerprint density at radius 1 is 1.04 bits per heavy atom. The third-order valence-electron chi connectivity index (χ3n) is 3.93. The van der Waals surface area contributed by atoms with E-state index in [0.29, 0.717) is 23.9 Å². The van der Waals surface area contributed by atoms with Crippen LogP contribution in [0, 0.1) is 13.8 Å². The Bertz CT molecular complexity index is 831. The highest BCUT2D eigenvalue weighted by molar-refractivity contribution is 7.91. The summed E-state index contributed by atoms with van der Waals surface area (Å²) in [5.41, 5.74) is 3.63. The summed E-state index contributed by atoms with van der Waals surface area (Å²) in [7, 11) is -1.62. The molecule has 25 heavy (non-hydrogen) atoms. The van der Waals surface area contributed by atoms with Crippen LogP contribution in [-0.2, 0) is 16.4 Å². The minimum absolute atomic E-state index is 0.0152. The second-order valence-electron chi connectivity index (χ2n) is 5.91. The molecule has 2 aromatic rings. The van der Waals surface area contributed by atoms with Crippen molar-refractivity contribution in [2.45, 2.75) is 25.3 Å². The van der Waals surface area contributed by atoms with Gasteiger partial charge in [-0.15, -0.1) is 0 Å². The lowest BCUT2D eigenvalue weighted by Crippen LogP contribution is -2.39. The first-order chi connectivity index (χ1) is 11.9. The molecular formula is C19H25N3O2S. The van der Waals surface area contributed by atoms with Gasteiger partial charge in [0.05, 0.1) is 10.6 Å². The van der Waals surface area contributed by atoms with Crippen LogP contribution in [0.3, 0.4) is 0 Å². The molecule has 2 N–H and O–H groups in total. The molecule has 5 nitrogen and oxygen atoms in total. The van der Waals surface area contributed by atoms with E-state index in [1.165, 1.54) is 16.7 Å². The molecule has 0 atom stereocenters. The molecule has 0 saturated heterocycles. The molecule has 0 aromatic heterocycles. The van der Waals surface area contributed by atoms with Crippen LogP contribution in [0.15, 0.2) is 58.4 Å². The largest absolute Gasteiger partial charge is 0.355 e. The maximum Gasteiger partial charge on any atom is 0.191 e. The minimum Gasteiger partial charge on any atom is -0.355 e. The number of benzene rings is 2. The molecule has 0 aliphatic rings. The molecule has 6 heteroatoms. The first-order valence-corrected chi connectivity index (χ1v) is 9.86. The van der Waals surface area contributed by atoms with E-state index in [9.17, 15) is 8.42 Å². The van der Waals surface area contributed by atoms with Crippen molar-refractivity contribution in [2.75, 3.05) is 19.3 Å². The molecule has 0 unspecified atom stereocenters. The van der Waals surface area contributed by atoms with Crippen LogP contribution in [0.5, 0.6) is 0 Å². The zero-order valence-electron chi connectivity index (χ0n) is 14.9. The van der Waals surface area contributed by atoms with E-state index >= 15 is 0 Å². The van der Waals surface area contributed by atoms with Crippen molar-refractivity contribution in [1.29, 1.82) is 0 Å². The first-order valence-electron chi connectivity index (χ1n) is 8.21. The van der Waals surface area contributed by atoms with Crippen LogP contribution in [0.1, 0.15) is 16.7 Å². The van der Waals surface area contributed by atoms with Gasteiger partial charge < -0.3 is 10.6 Å². The summed E-state index contributed by atoms with van der Waals surface area (Å²) in [6.07, 6.45) is 0. The third kappa shape index (κ3) is 5.60. The lowest BCUT2D eigenvalue weighted by Gasteiger charge is -2.13. The Kier molecular flexibility index (Phi) is 6.58. The van der Waals surface area contributed by atoms with Crippen molar-refractivity contribution in [3.8, 4) is 0 Å². The molecule has 0 bridgehead atoms. The Hall–Kier alpha value is -2.34. The zero-order chi connectivity index (χ0) is 18.3. The van der Waals surface area contributed by atoms with E-state index < -0.39 is 9.84 Å². The van der Waals surface area contributed by atoms with Crippen molar-refractivity contribution >= 4 is 15.8 Å². The van der Waals surface area contributed by atoms with Crippen LogP contribution in [-0.4, -0.2) is 33.7 Å². The van der Waals surface area contributed by atoms with Crippen molar-refractivity contribution in [1.82, 2.24) is 10.6 Å². The Morgan fingerprint density at radius 3 is 2.40 bits per heavy atom. The number of hydrogen-bond donors (Lipinski definition) is 2. The van der Waals surface area contributed by atoms with E-state index in [1.807, 2.05) is 0 Å². The van der Waals surface area contributed by atoms with Gasteiger partial charge in [0.1, 0.15) is 0 Å². The number of nitrogens with zero attached hydrogens (tertiary/aromatic N) is 1. The van der Waals surface area contributed by atoms with Crippen LogP contribution in [0.25, 0.3) is 0 Å². The average molecular weight is 359 g/mol. The number of aliphatic imine (C=N–C) groups is 1. The van der Waals surface area contributed by atoms with Gasteiger partial charge in [-0.3, -0.25) is 4.99 Å². The minimum atomic E-state index is -3.29. The molecule has 0 aliphatic heterocycles. The fourth-order valence-electron chi connectivity index (χ4n) is 2.49. The van der Waals surface area contributed by atoms with Crippen LogP contribution in [0.2, 0.25) is 0 Å². The zero-order valence-corrected chi connectivity index (χ0v) is 15.7. The average Bonchev–Trinajstić information content (AvgIpc) is 2.60. The third-order valence-corrected chi connectivity index (χ3v) is 5.67. The second-order valence-corrected chi connectivity index (χ2v) is 8.02. The molecule has 0 aliphatic carbocycles. The molecule has 0 spiro atoms. The molecule has 0 heterocycles. The van der Waals surface area contributed by atoms with Crippen LogP contribution >= 0.6 is 0 Å². The van der Waals surface area contributed by atoms with E-state index in [4.69, 9.17) is 0 Å². The maximum atomic E-state index is 12.3. The summed E-state index contributed by atoms with van der Waals surface area (Å²) in [6.45, 7) is 5.07. The van der Waals surface area contributed by atoms with Gasteiger partial charge in [0.25, 0.3) is 0 Å². The fourth-order valence-corrected chi connectivity index (χ4v) is 3.67. The highest BCUT2D eigenvalue weighted by atomic mass is 32.2. The Balaban J connectivity index is 1.86. The van der Waals surface area contributed by atoms with Gasteiger partial charge in [0.15, 0.2) is 15.8 Å². The smallest absolute Gasteiger partial charge is 0.191 e. The van der Waals surface area contributed by atoms with E-state index in [-0.39, 0.29) is 5.75 Å². The number of sulfone groups is 1. The highest BCUT2D eigenvalue weighted by Gasteiger charge is 2.13. The first kappa shape index (κ1) is 19.0. The molecule has 134 valence electrons. The number of guanidine groups is 1. The van der Waals surface area contributed by atoms with Crippen LogP contribution in [0.4, 0.5) is 0 Å². The number of hydrogen-bond acceptors (Lipinski definition) is 3. The summed E-state index contributed by atoms with van der Waals surface area (Å²) in [6, 6.07) is 14.8. The van der Waals surface area contributed by atoms with Gasteiger partial charge in [-0.1, -0.05) is 42.0 Å². The predicted octanol–water partition coefficient (Wildman–Crippen LogP) is 2.44. The maximum absolute atomic E-state index is 12.3. The molecule has 0 amide bonds. The van der Waals surface area contributed by atoms with Crippen molar-refractivity contribution in [3.63, 3.8) is 0 Å². The summed E-state index contributed by atoms with van der Waals surface area (Å²) in [4.78, 5) is 4.48. The van der Waals surface area contributed by atoms with Crippen LogP contribution < -0.4 is 10.6 Å². The molecule has 0 saturated carbocycles. The standard InChI is InChI=1S/C19H25N3O2S/c1-15-9-10-17(16(2)13-15)14-22-19(20-3)21-11-12-25(23,24)18-7-5-4-6-8-18/h4-10,13H,11-12,14H2,1-3H3,(H2,20,21,22). The van der Waals surface area contributed by atoms with E-state index in [1.54, 1.807) is 37.4 Å². The van der Waals surface area contributed by atoms with Gasteiger partial charge in [0, 0.05) is 20.1 Å². The van der Waals surface area contributed by atoms with Crippen molar-refractivity contribution < 1.29 is 8.42 Å². The Labute approximate surface area is 150 Å². The molecule has 0 fully saturated rings. The monoisotopic (exact) mass is 359 g/mol. The predicted molar refractivity (Wildman–Crippen MR) is 103 cm³/mol. The molecule has 0 radical (unpaired) electrons. The summed E-state index contributed by atoms with van der Waals surface area (Å²) >= 11 is 0. The van der Waals surface area contributed by atoms with Crippen molar-refractivity contribution in [2.24, 2.45) is 4.99 Å². The Morgan fingerprint density at radius 2 is 1.76 bits per heavy atom. The summed E-state index contributed by atoms with van der Waals surface area (Å²) in [5.74, 6) is 0.601. The van der Waals surface area contributed by atoms with Gasteiger partial charge in [-0.25, -0.2) is 8.42 Å². The van der Waals surface area contributed by atoms with Gasteiger partial charge >= 0.3 is 0 Å². The second kappa shape index (κ2) is 8.67. The van der Waals surface area contributed by atoms with Gasteiger partial charge in [-0.05, 0) is 37.1 Å². The topological polar surface area (TPSA) is 70.6 Å². The highest BCUT2D eigenvalue weighted by Crippen LogP contribution is 2.10. The number of aryl methyl sites for hydroxylation is 2. The van der Waals surface area contributed by atoms with Crippen molar-refractivity contribution in [3.05, 3.63) is 65.2 Å². The number of nitrogens with one attached hydrogen (secondary N) is 2. The van der Waals surface area contributed by atoms with E-state index in [2.05, 4.69) is 47.7 Å². The van der Waals surface area contributed by atoms with E-state index in [0.717, 1.165) is 0 Å². The normalized spacial score (nSPS) is 12.0. The molecule has 2 rings (SSSR count). The molecule has 2 aromatic carbocycles. The number of rotatable bonds is 6. The summed E-state index contributed by atoms with van der Waals surface area (Å²) in [5, 5.41) is 6.27. The van der Waals surface area contributed by atoms with Gasteiger partial charge in [0.2, 0.25) is 0 Å². The van der Waals surface area contributed by atoms with Gasteiger partial charge in [-0.2, -0.15) is 0 Å². The lowest BCUT2D eigenvalue weighted by atomic mass is 10.1.